The van der Waals surface area contributed by atoms with Gasteiger partial charge in [-0.3, -0.25) is 0 Å². The Balaban J connectivity index is 0.00000324. The number of nitrogens with two attached hydrogens (primary N) is 1. The van der Waals surface area contributed by atoms with Crippen LogP contribution in [-0.4, -0.2) is 28.1 Å². The van der Waals surface area contributed by atoms with E-state index in [1.54, 1.807) is 26.2 Å². The number of sulfonamides is 1. The Hall–Kier alpha value is -0.820. The van der Waals surface area contributed by atoms with E-state index in [1.807, 2.05) is 13.8 Å². The maximum absolute atomic E-state index is 12.1. The van der Waals surface area contributed by atoms with Crippen LogP contribution in [0.4, 0.5) is 0 Å². The van der Waals surface area contributed by atoms with Gasteiger partial charge >= 0.3 is 0 Å². The molecule has 0 heterocycles. The van der Waals surface area contributed by atoms with Crippen LogP contribution in [0.3, 0.4) is 0 Å². The predicted molar refractivity (Wildman–Crippen MR) is 78.6 cm³/mol. The van der Waals surface area contributed by atoms with E-state index in [1.165, 1.54) is 0 Å². The van der Waals surface area contributed by atoms with Gasteiger partial charge in [0.15, 0.2) is 0 Å². The lowest BCUT2D eigenvalue weighted by Crippen LogP contribution is -2.37. The zero-order valence-electron chi connectivity index (χ0n) is 11.6. The van der Waals surface area contributed by atoms with Gasteiger partial charge in [0.25, 0.3) is 0 Å². The molecule has 0 aliphatic heterocycles. The molecule has 7 heteroatoms. The zero-order chi connectivity index (χ0) is 13.9. The summed E-state index contributed by atoms with van der Waals surface area (Å²) in [6.45, 7) is 5.61. The molecule has 1 atom stereocenters. The second kappa shape index (κ2) is 7.09. The average Bonchev–Trinajstić information content (AvgIpc) is 2.27. The lowest BCUT2D eigenvalue weighted by Gasteiger charge is -2.15. The van der Waals surface area contributed by atoms with E-state index in [9.17, 15) is 8.42 Å². The van der Waals surface area contributed by atoms with Gasteiger partial charge in [0.2, 0.25) is 10.0 Å². The van der Waals surface area contributed by atoms with Crippen LogP contribution in [0, 0.1) is 13.8 Å². The Labute approximate surface area is 121 Å². The van der Waals surface area contributed by atoms with E-state index in [-0.39, 0.29) is 29.9 Å². The molecule has 5 nitrogen and oxygen atoms in total. The maximum atomic E-state index is 12.1. The van der Waals surface area contributed by atoms with E-state index in [2.05, 4.69) is 4.72 Å². The van der Waals surface area contributed by atoms with Crippen molar-refractivity contribution in [2.24, 2.45) is 5.73 Å². The molecule has 0 unspecified atom stereocenters. The summed E-state index contributed by atoms with van der Waals surface area (Å²) in [6.07, 6.45) is 0. The molecule has 0 aliphatic carbocycles. The molecule has 0 spiro atoms. The van der Waals surface area contributed by atoms with E-state index in [0.29, 0.717) is 5.75 Å². The molecule has 3 N–H and O–H groups in total. The van der Waals surface area contributed by atoms with Gasteiger partial charge < -0.3 is 10.5 Å². The van der Waals surface area contributed by atoms with Crippen molar-refractivity contribution in [1.82, 2.24) is 4.72 Å². The predicted octanol–water partition coefficient (Wildman–Crippen LogP) is 1.36. The van der Waals surface area contributed by atoms with Gasteiger partial charge in [-0.05, 0) is 44.0 Å². The summed E-state index contributed by atoms with van der Waals surface area (Å²) in [6, 6.07) is 2.90. The fourth-order valence-electron chi connectivity index (χ4n) is 1.77. The molecular weight excluding hydrogens is 288 g/mol. The molecule has 0 bridgehead atoms. The molecule has 19 heavy (non-hydrogen) atoms. The molecule has 0 radical (unpaired) electrons. The SMILES string of the molecule is COc1c(C)cc(S(=O)(=O)N[C@@H](C)CN)cc1C.Cl. The van der Waals surface area contributed by atoms with Crippen molar-refractivity contribution in [3.63, 3.8) is 0 Å². The van der Waals surface area contributed by atoms with Crippen molar-refractivity contribution in [2.75, 3.05) is 13.7 Å². The van der Waals surface area contributed by atoms with Crippen molar-refractivity contribution < 1.29 is 13.2 Å². The van der Waals surface area contributed by atoms with Gasteiger partial charge in [-0.15, -0.1) is 12.4 Å². The first-order valence-corrected chi connectivity index (χ1v) is 7.17. The Bertz CT molecular complexity index is 509. The highest BCUT2D eigenvalue weighted by molar-refractivity contribution is 7.89. The first kappa shape index (κ1) is 18.2. The molecule has 0 saturated carbocycles. The molecule has 0 aliphatic rings. The average molecular weight is 309 g/mol. The van der Waals surface area contributed by atoms with Crippen molar-refractivity contribution >= 4 is 22.4 Å². The van der Waals surface area contributed by atoms with Gasteiger partial charge in [0.1, 0.15) is 5.75 Å². The summed E-state index contributed by atoms with van der Waals surface area (Å²) in [4.78, 5) is 0.235. The minimum atomic E-state index is -3.53. The van der Waals surface area contributed by atoms with Crippen molar-refractivity contribution in [2.45, 2.75) is 31.7 Å². The summed E-state index contributed by atoms with van der Waals surface area (Å²) in [5.74, 6) is 0.709. The van der Waals surface area contributed by atoms with Crippen LogP contribution in [-0.2, 0) is 10.0 Å². The molecule has 0 aromatic heterocycles. The number of benzene rings is 1. The number of nitrogens with one attached hydrogen (secondary N) is 1. The molecule has 0 saturated heterocycles. The van der Waals surface area contributed by atoms with E-state index in [0.717, 1.165) is 11.1 Å². The third kappa shape index (κ3) is 4.35. The third-order valence-electron chi connectivity index (χ3n) is 2.66. The summed E-state index contributed by atoms with van der Waals surface area (Å²) < 4.78 is 31.9. The summed E-state index contributed by atoms with van der Waals surface area (Å²) in [5, 5.41) is 0. The van der Waals surface area contributed by atoms with Gasteiger partial charge in [-0.2, -0.15) is 0 Å². The molecule has 0 fully saturated rings. The Morgan fingerprint density at radius 1 is 1.32 bits per heavy atom. The quantitative estimate of drug-likeness (QED) is 0.860. The van der Waals surface area contributed by atoms with Gasteiger partial charge in [-0.1, -0.05) is 0 Å². The smallest absolute Gasteiger partial charge is 0.240 e. The largest absolute Gasteiger partial charge is 0.496 e. The van der Waals surface area contributed by atoms with Crippen LogP contribution in [0.2, 0.25) is 0 Å². The fraction of sp³-hybridized carbons (Fsp3) is 0.500. The molecule has 1 rings (SSSR count). The van der Waals surface area contributed by atoms with E-state index >= 15 is 0 Å². The molecular formula is C12H21ClN2O3S. The number of halogens is 1. The molecule has 1 aromatic carbocycles. The van der Waals surface area contributed by atoms with Crippen molar-refractivity contribution in [3.8, 4) is 5.75 Å². The number of aryl methyl sites for hydroxylation is 2. The lowest BCUT2D eigenvalue weighted by atomic mass is 10.1. The van der Waals surface area contributed by atoms with E-state index in [4.69, 9.17) is 10.5 Å². The molecule has 0 amide bonds. The van der Waals surface area contributed by atoms with Crippen LogP contribution in [0.5, 0.6) is 5.75 Å². The maximum Gasteiger partial charge on any atom is 0.240 e. The Morgan fingerprint density at radius 3 is 2.16 bits per heavy atom. The zero-order valence-corrected chi connectivity index (χ0v) is 13.2. The number of ether oxygens (including phenoxy) is 1. The van der Waals surface area contributed by atoms with Crippen LogP contribution in [0.15, 0.2) is 17.0 Å². The van der Waals surface area contributed by atoms with Gasteiger partial charge in [0.05, 0.1) is 12.0 Å². The van der Waals surface area contributed by atoms with Gasteiger partial charge in [0, 0.05) is 12.6 Å². The minimum absolute atomic E-state index is 0. The molecule has 1 aromatic rings. The van der Waals surface area contributed by atoms with Crippen LogP contribution >= 0.6 is 12.4 Å². The van der Waals surface area contributed by atoms with Crippen molar-refractivity contribution in [3.05, 3.63) is 23.3 Å². The lowest BCUT2D eigenvalue weighted by molar-refractivity contribution is 0.408. The van der Waals surface area contributed by atoms with Crippen LogP contribution in [0.25, 0.3) is 0 Å². The Kier molecular flexibility index (Phi) is 6.79. The number of rotatable bonds is 5. The topological polar surface area (TPSA) is 81.4 Å². The van der Waals surface area contributed by atoms with Crippen molar-refractivity contribution in [1.29, 1.82) is 0 Å². The standard InChI is InChI=1S/C12H20N2O3S.ClH/c1-8-5-11(6-9(2)12(8)17-4)18(15,16)14-10(3)7-13;/h5-6,10,14H,7,13H2,1-4H3;1H/t10-;/m0./s1. The highest BCUT2D eigenvalue weighted by Crippen LogP contribution is 2.26. The third-order valence-corrected chi connectivity index (χ3v) is 4.23. The highest BCUT2D eigenvalue weighted by atomic mass is 35.5. The molecule has 110 valence electrons. The first-order valence-electron chi connectivity index (χ1n) is 5.69. The highest BCUT2D eigenvalue weighted by Gasteiger charge is 2.19. The summed E-state index contributed by atoms with van der Waals surface area (Å²) in [5.41, 5.74) is 7.00. The van der Waals surface area contributed by atoms with Crippen LogP contribution < -0.4 is 15.2 Å². The number of hydrogen-bond donors (Lipinski definition) is 2. The summed E-state index contributed by atoms with van der Waals surface area (Å²) in [7, 11) is -1.96. The minimum Gasteiger partial charge on any atom is -0.496 e. The number of hydrogen-bond acceptors (Lipinski definition) is 4. The monoisotopic (exact) mass is 308 g/mol. The van der Waals surface area contributed by atoms with E-state index < -0.39 is 10.0 Å². The normalized spacial score (nSPS) is 12.7. The van der Waals surface area contributed by atoms with Crippen LogP contribution in [0.1, 0.15) is 18.1 Å². The first-order chi connectivity index (χ1) is 8.31. The summed E-state index contributed by atoms with van der Waals surface area (Å²) >= 11 is 0. The second-order valence-corrected chi connectivity index (χ2v) is 6.06. The van der Waals surface area contributed by atoms with Gasteiger partial charge in [-0.25, -0.2) is 13.1 Å². The number of methoxy groups -OCH3 is 1. The second-order valence-electron chi connectivity index (χ2n) is 4.35. The fourth-order valence-corrected chi connectivity index (χ4v) is 3.19. The Morgan fingerprint density at radius 2 is 1.79 bits per heavy atom.